The number of ether oxygens (including phenoxy) is 6. The van der Waals surface area contributed by atoms with E-state index in [1.54, 1.807) is 13.0 Å². The standard InChI is InChI=1S/C35H50O14/c1-16-9-25(48-30-29(41)28(40)27(39)24(13-36)46-30)35(43)31(45-16)47-23-12-33(15-37)18(11-22(23)49-35)3-4-21-20(33)5-7-32(2)19(6-8-34(21,32)42)17-10-26(38)44-14-17/h10,15-16,18-25,27-31,36,39-43H,3-9,11-14H2,1-2H3/t16-,18+,19-,20+,21-,22-,23-,24-,25+,27-,28+,29-,30+,31+,32-,33-,34+,35+/m1/s1. The molecule has 14 nitrogen and oxygen atoms in total. The molecule has 274 valence electrons. The van der Waals surface area contributed by atoms with Crippen LogP contribution in [0, 0.1) is 34.5 Å². The number of rotatable bonds is 5. The fourth-order valence-electron chi connectivity index (χ4n) is 11.7. The summed E-state index contributed by atoms with van der Waals surface area (Å²) >= 11 is 0. The molecule has 6 N–H and O–H groups in total. The van der Waals surface area contributed by atoms with Crippen LogP contribution in [0.15, 0.2) is 11.6 Å². The summed E-state index contributed by atoms with van der Waals surface area (Å²) in [5.74, 6) is -2.65. The van der Waals surface area contributed by atoms with Crippen molar-refractivity contribution in [1.82, 2.24) is 0 Å². The third-order valence-electron chi connectivity index (χ3n) is 14.2. The molecule has 0 amide bonds. The Labute approximate surface area is 284 Å². The zero-order chi connectivity index (χ0) is 34.7. The molecule has 0 aromatic rings. The topological polar surface area (TPSA) is 211 Å². The molecule has 0 aromatic heterocycles. The Morgan fingerprint density at radius 1 is 0.959 bits per heavy atom. The van der Waals surface area contributed by atoms with Crippen LogP contribution in [0.1, 0.15) is 71.6 Å². The highest BCUT2D eigenvalue weighted by atomic mass is 16.8. The Morgan fingerprint density at radius 2 is 1.76 bits per heavy atom. The number of hydrogen-bond donors (Lipinski definition) is 6. The molecular formula is C35H50O14. The van der Waals surface area contributed by atoms with E-state index < -0.39 is 90.2 Å². The summed E-state index contributed by atoms with van der Waals surface area (Å²) in [4.78, 5) is 25.3. The number of fused-ring (bicyclic) bond motifs is 7. The summed E-state index contributed by atoms with van der Waals surface area (Å²) in [6.07, 6.45) is -3.79. The van der Waals surface area contributed by atoms with E-state index in [-0.39, 0.29) is 42.7 Å². The van der Waals surface area contributed by atoms with E-state index in [0.717, 1.165) is 31.1 Å². The number of hydrogen-bond acceptors (Lipinski definition) is 14. The number of cyclic esters (lactones) is 1. The molecule has 4 saturated carbocycles. The van der Waals surface area contributed by atoms with Gasteiger partial charge in [-0.3, -0.25) is 0 Å². The van der Waals surface area contributed by atoms with Gasteiger partial charge < -0.3 is 63.9 Å². The quantitative estimate of drug-likeness (QED) is 0.125. The van der Waals surface area contributed by atoms with Crippen molar-refractivity contribution in [2.24, 2.45) is 34.5 Å². The van der Waals surface area contributed by atoms with E-state index in [2.05, 4.69) is 6.92 Å². The van der Waals surface area contributed by atoms with Crippen LogP contribution in [0.4, 0.5) is 0 Å². The molecule has 0 radical (unpaired) electrons. The lowest BCUT2D eigenvalue weighted by atomic mass is 9.42. The van der Waals surface area contributed by atoms with Crippen LogP contribution >= 0.6 is 0 Å². The number of carbonyl (C=O) groups is 2. The van der Waals surface area contributed by atoms with Crippen LogP contribution < -0.4 is 0 Å². The molecule has 4 heterocycles. The summed E-state index contributed by atoms with van der Waals surface area (Å²) in [6.45, 7) is 3.56. The van der Waals surface area contributed by atoms with Gasteiger partial charge in [0.2, 0.25) is 12.1 Å². The molecule has 49 heavy (non-hydrogen) atoms. The highest BCUT2D eigenvalue weighted by Crippen LogP contribution is 2.70. The van der Waals surface area contributed by atoms with Gasteiger partial charge in [0.25, 0.3) is 0 Å². The largest absolute Gasteiger partial charge is 0.458 e. The van der Waals surface area contributed by atoms with Gasteiger partial charge in [-0.15, -0.1) is 0 Å². The average molecular weight is 695 g/mol. The van der Waals surface area contributed by atoms with Crippen molar-refractivity contribution in [3.05, 3.63) is 11.6 Å². The molecule has 0 aromatic carbocycles. The van der Waals surface area contributed by atoms with E-state index in [9.17, 15) is 40.2 Å². The first-order chi connectivity index (χ1) is 23.3. The maximum atomic E-state index is 13.4. The third-order valence-corrected chi connectivity index (χ3v) is 14.2. The van der Waals surface area contributed by atoms with E-state index in [1.165, 1.54) is 0 Å². The van der Waals surface area contributed by atoms with Crippen molar-refractivity contribution in [1.29, 1.82) is 0 Å². The Kier molecular flexibility index (Phi) is 8.45. The minimum Gasteiger partial charge on any atom is -0.458 e. The zero-order valence-corrected chi connectivity index (χ0v) is 28.0. The van der Waals surface area contributed by atoms with Gasteiger partial charge >= 0.3 is 5.97 Å². The van der Waals surface area contributed by atoms with Crippen molar-refractivity contribution >= 4 is 12.3 Å². The van der Waals surface area contributed by atoms with Crippen LogP contribution in [0.25, 0.3) is 0 Å². The number of carbonyl (C=O) groups excluding carboxylic acids is 2. The predicted octanol–water partition coefficient (Wildman–Crippen LogP) is -0.175. The molecule has 14 heteroatoms. The van der Waals surface area contributed by atoms with Gasteiger partial charge in [0.1, 0.15) is 43.4 Å². The summed E-state index contributed by atoms with van der Waals surface area (Å²) in [5.41, 5.74) is -1.25. The van der Waals surface area contributed by atoms with Crippen LogP contribution in [0.3, 0.4) is 0 Å². The lowest BCUT2D eigenvalue weighted by molar-refractivity contribution is -0.471. The zero-order valence-electron chi connectivity index (χ0n) is 28.0. The van der Waals surface area contributed by atoms with Crippen molar-refractivity contribution in [2.75, 3.05) is 13.2 Å². The van der Waals surface area contributed by atoms with E-state index in [0.29, 0.717) is 32.1 Å². The second-order valence-electron chi connectivity index (χ2n) is 16.4. The second kappa shape index (κ2) is 12.0. The minimum atomic E-state index is -2.12. The molecule has 8 rings (SSSR count). The van der Waals surface area contributed by atoms with Gasteiger partial charge in [-0.05, 0) is 87.5 Å². The van der Waals surface area contributed by atoms with Gasteiger partial charge in [-0.25, -0.2) is 4.79 Å². The SMILES string of the molecule is C[C@@H]1C[C@H](O[C@@H]2O[C@H](CO)[C@@H](O)[C@H](O)[C@H]2O)[C@]2(O)O[C@@H]3C[C@@H]4CC[C@@H]5[C@H](CC[C@]6(C)[C@@H](C7=CC(=O)OC7)CC[C@]56O)[C@@]4(C=O)C[C@H]3O[C@@H]2O1. The minimum absolute atomic E-state index is 0.0434. The Balaban J connectivity index is 1.02. The third kappa shape index (κ3) is 4.93. The van der Waals surface area contributed by atoms with Crippen molar-refractivity contribution in [2.45, 2.75) is 144 Å². The first-order valence-corrected chi connectivity index (χ1v) is 18.0. The maximum Gasteiger partial charge on any atom is 0.331 e. The molecule has 18 atom stereocenters. The summed E-state index contributed by atoms with van der Waals surface area (Å²) < 4.78 is 35.9. The lowest BCUT2D eigenvalue weighted by Gasteiger charge is -2.64. The average Bonchev–Trinajstić information content (AvgIpc) is 3.62. The van der Waals surface area contributed by atoms with Gasteiger partial charge in [0.05, 0.1) is 30.5 Å². The fraction of sp³-hybridized carbons (Fsp3) is 0.886. The normalized spacial score (nSPS) is 56.7. The van der Waals surface area contributed by atoms with E-state index in [4.69, 9.17) is 28.4 Å². The number of aliphatic hydroxyl groups excluding tert-OH is 4. The highest BCUT2D eigenvalue weighted by Gasteiger charge is 2.71. The number of aliphatic hydroxyl groups is 6. The van der Waals surface area contributed by atoms with Crippen LogP contribution in [0.5, 0.6) is 0 Å². The predicted molar refractivity (Wildman–Crippen MR) is 164 cm³/mol. The van der Waals surface area contributed by atoms with Gasteiger partial charge in [0.15, 0.2) is 6.29 Å². The first-order valence-electron chi connectivity index (χ1n) is 18.0. The molecule has 7 fully saturated rings. The van der Waals surface area contributed by atoms with Gasteiger partial charge in [0, 0.05) is 23.3 Å². The van der Waals surface area contributed by atoms with Crippen molar-refractivity contribution < 1.29 is 68.6 Å². The summed E-state index contributed by atoms with van der Waals surface area (Å²) in [5, 5.41) is 65.4. The Hall–Kier alpha value is -1.56. The van der Waals surface area contributed by atoms with E-state index in [1.807, 2.05) is 0 Å². The number of aldehydes is 1. The van der Waals surface area contributed by atoms with Crippen LogP contribution in [-0.4, -0.2) is 129 Å². The first kappa shape index (κ1) is 34.5. The molecule has 4 aliphatic carbocycles. The molecule has 8 aliphatic rings. The molecule has 4 aliphatic heterocycles. The Bertz CT molecular complexity index is 1360. The van der Waals surface area contributed by atoms with E-state index >= 15 is 0 Å². The monoisotopic (exact) mass is 694 g/mol. The smallest absolute Gasteiger partial charge is 0.331 e. The lowest BCUT2D eigenvalue weighted by Crippen LogP contribution is -2.72. The fourth-order valence-corrected chi connectivity index (χ4v) is 11.7. The Morgan fingerprint density at radius 3 is 2.47 bits per heavy atom. The highest BCUT2D eigenvalue weighted by molar-refractivity contribution is 5.85. The van der Waals surface area contributed by atoms with Gasteiger partial charge in [-0.2, -0.15) is 0 Å². The molecule has 3 saturated heterocycles. The van der Waals surface area contributed by atoms with Crippen LogP contribution in [0.2, 0.25) is 0 Å². The molecular weight excluding hydrogens is 644 g/mol. The molecule has 0 unspecified atom stereocenters. The maximum absolute atomic E-state index is 13.4. The van der Waals surface area contributed by atoms with Crippen LogP contribution in [-0.2, 0) is 38.0 Å². The molecule has 0 bridgehead atoms. The summed E-state index contributed by atoms with van der Waals surface area (Å²) in [6, 6.07) is 0. The van der Waals surface area contributed by atoms with Gasteiger partial charge in [-0.1, -0.05) is 6.92 Å². The second-order valence-corrected chi connectivity index (χ2v) is 16.4. The van der Waals surface area contributed by atoms with Crippen molar-refractivity contribution in [3.63, 3.8) is 0 Å². The van der Waals surface area contributed by atoms with Crippen molar-refractivity contribution in [3.8, 4) is 0 Å². The molecule has 0 spiro atoms. The number of esters is 1. The summed E-state index contributed by atoms with van der Waals surface area (Å²) in [7, 11) is 0.